The van der Waals surface area contributed by atoms with E-state index in [0.717, 1.165) is 17.7 Å². The largest absolute Gasteiger partial charge is 0.494 e. The lowest BCUT2D eigenvalue weighted by Crippen LogP contribution is -2.14. The maximum absolute atomic E-state index is 14.2. The normalized spacial score (nSPS) is 11.5. The van der Waals surface area contributed by atoms with Crippen LogP contribution in [-0.2, 0) is 0 Å². The SMILES string of the molecule is CCC(=O)c1ccc(-n2cnc3c(NCCC(F)(F)F)cc(Oc4ccc(OC)c(F)c4)cc32)cc1C.COc1ccc(Oc2cc(NCCC(F)(F)F)c3ncn(-c4ccc(C(=O)O)c(C)c4)c3c2)cc1F. The van der Waals surface area contributed by atoms with Crippen molar-refractivity contribution in [3.05, 3.63) is 144 Å². The number of aromatic nitrogens is 4. The number of imidazole rings is 2. The summed E-state index contributed by atoms with van der Waals surface area (Å²) in [5.74, 6) is -1.38. The predicted octanol–water partition coefficient (Wildman–Crippen LogP) is 13.6. The number of carbonyl (C=O) groups is 2. The monoisotopic (exact) mass is 1020 g/mol. The number of nitrogens with zero attached hydrogens (tertiary/aromatic N) is 4. The van der Waals surface area contributed by atoms with Crippen LogP contribution in [0.25, 0.3) is 33.4 Å². The van der Waals surface area contributed by atoms with E-state index < -0.39 is 49.3 Å². The highest BCUT2D eigenvalue weighted by molar-refractivity contribution is 5.98. The number of aryl methyl sites for hydroxylation is 2. The average Bonchev–Trinajstić information content (AvgIpc) is 3.96. The number of rotatable bonds is 17. The predicted molar refractivity (Wildman–Crippen MR) is 258 cm³/mol. The van der Waals surface area contributed by atoms with Crippen molar-refractivity contribution in [3.8, 4) is 45.9 Å². The van der Waals surface area contributed by atoms with Crippen molar-refractivity contribution in [1.82, 2.24) is 19.1 Å². The molecule has 2 aromatic heterocycles. The fourth-order valence-electron chi connectivity index (χ4n) is 7.69. The molecule has 0 spiro atoms. The van der Waals surface area contributed by atoms with Gasteiger partial charge in [-0.25, -0.2) is 23.5 Å². The van der Waals surface area contributed by atoms with Crippen molar-refractivity contribution in [3.63, 3.8) is 0 Å². The molecule has 0 unspecified atom stereocenters. The third-order valence-electron chi connectivity index (χ3n) is 11.2. The van der Waals surface area contributed by atoms with Crippen LogP contribution in [0.3, 0.4) is 0 Å². The third kappa shape index (κ3) is 12.8. The first-order chi connectivity index (χ1) is 34.6. The number of Topliss-reactive ketones (excluding diaryl/α,β-unsaturated/α-hetero) is 1. The van der Waals surface area contributed by atoms with Crippen LogP contribution in [0.5, 0.6) is 34.5 Å². The Morgan fingerprint density at radius 3 is 1.37 bits per heavy atom. The number of benzene rings is 6. The molecule has 0 aliphatic carbocycles. The van der Waals surface area contributed by atoms with Crippen molar-refractivity contribution in [2.24, 2.45) is 0 Å². The highest BCUT2D eigenvalue weighted by Crippen LogP contribution is 2.37. The number of carboxylic acids is 1. The smallest absolute Gasteiger partial charge is 0.390 e. The van der Waals surface area contributed by atoms with E-state index in [1.807, 2.05) is 13.0 Å². The Morgan fingerprint density at radius 1 is 0.589 bits per heavy atom. The van der Waals surface area contributed by atoms with Crippen LogP contribution in [0, 0.1) is 25.5 Å². The molecule has 2 heterocycles. The van der Waals surface area contributed by atoms with Gasteiger partial charge in [-0.3, -0.25) is 13.9 Å². The first-order valence-corrected chi connectivity index (χ1v) is 22.3. The summed E-state index contributed by atoms with van der Waals surface area (Å²) in [4.78, 5) is 32.3. The number of anilines is 2. The minimum Gasteiger partial charge on any atom is -0.494 e. The van der Waals surface area contributed by atoms with E-state index in [2.05, 4.69) is 20.6 Å². The topological polar surface area (TPSA) is 151 Å². The average molecular weight is 1020 g/mol. The number of aromatic carboxylic acids is 1. The quantitative estimate of drug-likeness (QED) is 0.0590. The molecule has 6 aromatic carbocycles. The van der Waals surface area contributed by atoms with E-state index in [0.29, 0.717) is 62.4 Å². The number of methoxy groups -OCH3 is 2. The van der Waals surface area contributed by atoms with Crippen LogP contribution < -0.4 is 29.6 Å². The van der Waals surface area contributed by atoms with Crippen molar-refractivity contribution in [2.75, 3.05) is 37.9 Å². The molecule has 21 heteroatoms. The van der Waals surface area contributed by atoms with Crippen LogP contribution >= 0.6 is 0 Å². The summed E-state index contributed by atoms with van der Waals surface area (Å²) in [6.07, 6.45) is -7.35. The molecule has 0 aliphatic heterocycles. The van der Waals surface area contributed by atoms with Gasteiger partial charge in [0.25, 0.3) is 0 Å². The molecule has 0 bridgehead atoms. The standard InChI is InChI=1S/C27H25F4N3O3.C25H21F4N3O4/c1-4-24(35)20-7-5-17(11-16(20)2)34-15-33-26-22(32-10-9-27(29,30)31)13-19(14-23(26)34)37-18-6-8-25(36-3)21(28)12-18;1-14-9-15(3-5-18(14)24(33)34)32-13-31-23-20(30-8-7-25(27,28)29)11-17(12-21(23)32)36-16-4-6-22(35-2)19(26)10-16/h5-8,11-15,32H,4,9-10H2,1-3H3;3-6,9-13,30H,7-8H2,1-2H3,(H,33,34). The Bertz CT molecular complexity index is 3320. The number of carboxylic acid groups (broad SMARTS) is 1. The highest BCUT2D eigenvalue weighted by Gasteiger charge is 2.28. The zero-order valence-electron chi connectivity index (χ0n) is 39.6. The zero-order chi connectivity index (χ0) is 52.8. The van der Waals surface area contributed by atoms with Crippen LogP contribution in [0.4, 0.5) is 46.5 Å². The number of hydrogen-bond acceptors (Lipinski definition) is 10. The summed E-state index contributed by atoms with van der Waals surface area (Å²) >= 11 is 0. The number of hydrogen-bond donors (Lipinski definition) is 3. The molecule has 0 saturated heterocycles. The molecule has 0 radical (unpaired) electrons. The van der Waals surface area contributed by atoms with Gasteiger partial charge in [-0.2, -0.15) is 26.3 Å². The third-order valence-corrected chi connectivity index (χ3v) is 11.2. The number of halogens is 8. The van der Waals surface area contributed by atoms with Crippen LogP contribution in [0.1, 0.15) is 58.0 Å². The highest BCUT2D eigenvalue weighted by atomic mass is 19.4. The number of alkyl halides is 6. The molecule has 13 nitrogen and oxygen atoms in total. The van der Waals surface area contributed by atoms with E-state index in [9.17, 15) is 49.8 Å². The minimum absolute atomic E-state index is 0.0260. The van der Waals surface area contributed by atoms with Crippen LogP contribution in [-0.4, -0.2) is 75.6 Å². The Kier molecular flexibility index (Phi) is 15.8. The molecule has 73 heavy (non-hydrogen) atoms. The van der Waals surface area contributed by atoms with Crippen molar-refractivity contribution >= 4 is 45.2 Å². The Balaban J connectivity index is 0.000000214. The summed E-state index contributed by atoms with van der Waals surface area (Å²) in [5.41, 5.74) is 5.84. The number of fused-ring (bicyclic) bond motifs is 2. The maximum atomic E-state index is 14.2. The summed E-state index contributed by atoms with van der Waals surface area (Å²) in [6, 6.07) is 24.5. The van der Waals surface area contributed by atoms with Crippen LogP contribution in [0.2, 0.25) is 0 Å². The molecular weight excluding hydrogens is 973 g/mol. The fraction of sp³-hybridized carbons (Fsp3) is 0.231. The Labute approximate surface area is 411 Å². The van der Waals surface area contributed by atoms with Gasteiger partial charge in [-0.15, -0.1) is 0 Å². The van der Waals surface area contributed by atoms with Crippen molar-refractivity contribution < 1.29 is 68.8 Å². The van der Waals surface area contributed by atoms with Crippen molar-refractivity contribution in [2.45, 2.75) is 52.4 Å². The zero-order valence-corrected chi connectivity index (χ0v) is 39.6. The molecule has 382 valence electrons. The second kappa shape index (κ2) is 22.0. The maximum Gasteiger partial charge on any atom is 0.390 e. The molecule has 0 saturated carbocycles. The molecular formula is C52H46F8N6O7. The lowest BCUT2D eigenvalue weighted by atomic mass is 10.0. The number of ether oxygens (including phenoxy) is 4. The lowest BCUT2D eigenvalue weighted by Gasteiger charge is -2.14. The first-order valence-electron chi connectivity index (χ1n) is 22.3. The second-order valence-electron chi connectivity index (χ2n) is 16.4. The lowest BCUT2D eigenvalue weighted by molar-refractivity contribution is -0.132. The second-order valence-corrected chi connectivity index (χ2v) is 16.4. The number of carbonyl (C=O) groups excluding carboxylic acids is 1. The molecule has 0 atom stereocenters. The summed E-state index contributed by atoms with van der Waals surface area (Å²) < 4.78 is 130. The summed E-state index contributed by atoms with van der Waals surface area (Å²) in [5, 5.41) is 14.9. The summed E-state index contributed by atoms with van der Waals surface area (Å²) in [7, 11) is 2.68. The molecule has 8 rings (SSSR count). The molecule has 0 fully saturated rings. The van der Waals surface area contributed by atoms with Gasteiger partial charge in [-0.1, -0.05) is 6.92 Å². The molecule has 8 aromatic rings. The fourth-order valence-corrected chi connectivity index (χ4v) is 7.69. The Morgan fingerprint density at radius 2 is 1.01 bits per heavy atom. The molecule has 0 aliphatic rings. The first kappa shape index (κ1) is 52.5. The van der Waals surface area contributed by atoms with Gasteiger partial charge in [0.1, 0.15) is 46.7 Å². The van der Waals surface area contributed by atoms with Crippen LogP contribution in [0.15, 0.2) is 110 Å². The number of ketones is 1. The van der Waals surface area contributed by atoms with Gasteiger partial charge >= 0.3 is 18.3 Å². The van der Waals surface area contributed by atoms with E-state index in [-0.39, 0.29) is 52.4 Å². The van der Waals surface area contributed by atoms with Gasteiger partial charge in [0.15, 0.2) is 28.9 Å². The van der Waals surface area contributed by atoms with Gasteiger partial charge in [0.2, 0.25) is 0 Å². The van der Waals surface area contributed by atoms with E-state index >= 15 is 0 Å². The van der Waals surface area contributed by atoms with Gasteiger partial charge in [0.05, 0.1) is 55.0 Å². The van der Waals surface area contributed by atoms with Gasteiger partial charge in [0, 0.05) is 72.8 Å². The van der Waals surface area contributed by atoms with E-state index in [1.165, 1.54) is 63.0 Å². The number of nitrogens with one attached hydrogen (secondary N) is 2. The van der Waals surface area contributed by atoms with E-state index in [4.69, 9.17) is 18.9 Å². The van der Waals surface area contributed by atoms with E-state index in [1.54, 1.807) is 65.7 Å². The van der Waals surface area contributed by atoms with Gasteiger partial charge in [-0.05, 0) is 85.6 Å². The van der Waals surface area contributed by atoms with Crippen molar-refractivity contribution in [1.29, 1.82) is 0 Å². The van der Waals surface area contributed by atoms with Gasteiger partial charge < -0.3 is 34.7 Å². The summed E-state index contributed by atoms with van der Waals surface area (Å²) in [6.45, 7) is 4.53. The minimum atomic E-state index is -4.34. The molecule has 0 amide bonds. The molecule has 3 N–H and O–H groups in total. The Hall–Kier alpha value is -8.36.